The number of nitrogen functional groups attached to an aromatic ring is 1. The molecule has 0 aliphatic heterocycles. The number of anilines is 2. The van der Waals surface area contributed by atoms with Gasteiger partial charge in [-0.2, -0.15) is 4.98 Å². The van der Waals surface area contributed by atoms with E-state index < -0.39 is 6.04 Å². The van der Waals surface area contributed by atoms with Crippen LogP contribution in [0.1, 0.15) is 5.56 Å². The van der Waals surface area contributed by atoms with Gasteiger partial charge in [-0.15, -0.1) is 0 Å². The number of hydrazine groups is 1. The Morgan fingerprint density at radius 3 is 2.67 bits per heavy atom. The van der Waals surface area contributed by atoms with Crippen molar-refractivity contribution >= 4 is 11.8 Å². The molecule has 0 saturated heterocycles. The lowest BCUT2D eigenvalue weighted by Crippen LogP contribution is -2.28. The number of nitrogens with two attached hydrogens (primary N) is 1. The molecule has 0 radical (unpaired) electrons. The summed E-state index contributed by atoms with van der Waals surface area (Å²) in [5.74, 6) is 5.97. The van der Waals surface area contributed by atoms with E-state index in [1.54, 1.807) is 6.20 Å². The number of aliphatic hydroxyl groups excluding tert-OH is 2. The number of nitrogens with one attached hydrogen (secondary N) is 2. The van der Waals surface area contributed by atoms with Gasteiger partial charge in [-0.1, -0.05) is 0 Å². The number of aliphatic hydroxyl groups is 2. The number of rotatable bonds is 5. The largest absolute Gasteiger partial charge is 0.394 e. The van der Waals surface area contributed by atoms with Crippen LogP contribution in [0.3, 0.4) is 0 Å². The summed E-state index contributed by atoms with van der Waals surface area (Å²) in [6.45, 7) is 1.46. The van der Waals surface area contributed by atoms with E-state index in [1.165, 1.54) is 0 Å². The smallest absolute Gasteiger partial charge is 0.239 e. The van der Waals surface area contributed by atoms with Crippen LogP contribution in [0.4, 0.5) is 11.8 Å². The first kappa shape index (κ1) is 11.6. The molecule has 7 heteroatoms. The molecule has 6 N–H and O–H groups in total. The Morgan fingerprint density at radius 1 is 1.47 bits per heavy atom. The number of hydrogen-bond donors (Lipinski definition) is 5. The molecule has 0 aromatic carbocycles. The summed E-state index contributed by atoms with van der Waals surface area (Å²) < 4.78 is 0. The topological polar surface area (TPSA) is 116 Å². The van der Waals surface area contributed by atoms with E-state index in [4.69, 9.17) is 16.1 Å². The van der Waals surface area contributed by atoms with Crippen LogP contribution >= 0.6 is 0 Å². The molecule has 84 valence electrons. The van der Waals surface area contributed by atoms with Gasteiger partial charge in [0.25, 0.3) is 0 Å². The van der Waals surface area contributed by atoms with E-state index in [0.29, 0.717) is 5.82 Å². The van der Waals surface area contributed by atoms with Gasteiger partial charge >= 0.3 is 0 Å². The molecule has 15 heavy (non-hydrogen) atoms. The first-order valence-electron chi connectivity index (χ1n) is 4.49. The second-order valence-electron chi connectivity index (χ2n) is 3.08. The van der Waals surface area contributed by atoms with Crippen molar-refractivity contribution in [2.75, 3.05) is 24.0 Å². The summed E-state index contributed by atoms with van der Waals surface area (Å²) in [4.78, 5) is 7.95. The zero-order valence-electron chi connectivity index (χ0n) is 8.44. The maximum atomic E-state index is 8.90. The lowest BCUT2D eigenvalue weighted by atomic mass is 10.3. The fourth-order valence-corrected chi connectivity index (χ4v) is 1.00. The van der Waals surface area contributed by atoms with Crippen LogP contribution in [0.25, 0.3) is 0 Å². The molecule has 0 fully saturated rings. The lowest BCUT2D eigenvalue weighted by molar-refractivity contribution is 0.203. The Bertz CT molecular complexity index is 316. The molecule has 0 amide bonds. The predicted molar refractivity (Wildman–Crippen MR) is 56.2 cm³/mol. The summed E-state index contributed by atoms with van der Waals surface area (Å²) in [6.07, 6.45) is 1.59. The monoisotopic (exact) mass is 213 g/mol. The fraction of sp³-hybridized carbons (Fsp3) is 0.500. The maximum Gasteiger partial charge on any atom is 0.239 e. The van der Waals surface area contributed by atoms with E-state index in [9.17, 15) is 0 Å². The van der Waals surface area contributed by atoms with Gasteiger partial charge < -0.3 is 15.5 Å². The molecule has 7 nitrogen and oxygen atoms in total. The molecule has 0 aliphatic rings. The van der Waals surface area contributed by atoms with Crippen LogP contribution in [0, 0.1) is 6.92 Å². The third-order valence-corrected chi connectivity index (χ3v) is 1.88. The third-order valence-electron chi connectivity index (χ3n) is 1.88. The summed E-state index contributed by atoms with van der Waals surface area (Å²) in [5.41, 5.74) is 3.12. The summed E-state index contributed by atoms with van der Waals surface area (Å²) in [7, 11) is 0. The molecule has 0 spiro atoms. The highest BCUT2D eigenvalue weighted by molar-refractivity contribution is 5.46. The minimum Gasteiger partial charge on any atom is -0.394 e. The lowest BCUT2D eigenvalue weighted by Gasteiger charge is -2.15. The van der Waals surface area contributed by atoms with E-state index in [0.717, 1.165) is 5.56 Å². The molecule has 1 rings (SSSR count). The Labute approximate surface area is 87.3 Å². The van der Waals surface area contributed by atoms with Crippen molar-refractivity contribution in [3.8, 4) is 0 Å². The molecule has 1 heterocycles. The van der Waals surface area contributed by atoms with Gasteiger partial charge in [0.2, 0.25) is 5.95 Å². The van der Waals surface area contributed by atoms with E-state index in [1.807, 2.05) is 6.92 Å². The van der Waals surface area contributed by atoms with Crippen molar-refractivity contribution in [2.24, 2.45) is 5.84 Å². The van der Waals surface area contributed by atoms with Crippen molar-refractivity contribution in [1.29, 1.82) is 0 Å². The van der Waals surface area contributed by atoms with Crippen LogP contribution in [0.15, 0.2) is 6.20 Å². The van der Waals surface area contributed by atoms with Gasteiger partial charge in [-0.25, -0.2) is 10.8 Å². The molecule has 1 aromatic rings. The highest BCUT2D eigenvalue weighted by Gasteiger charge is 2.09. The van der Waals surface area contributed by atoms with Gasteiger partial charge in [0.15, 0.2) is 0 Å². The highest BCUT2D eigenvalue weighted by Crippen LogP contribution is 2.12. The van der Waals surface area contributed by atoms with Crippen LogP contribution in [-0.4, -0.2) is 39.4 Å². The Morgan fingerprint density at radius 2 is 2.13 bits per heavy atom. The second kappa shape index (κ2) is 5.44. The van der Waals surface area contributed by atoms with Crippen LogP contribution in [0.2, 0.25) is 0 Å². The molecule has 0 atom stereocenters. The van der Waals surface area contributed by atoms with Crippen LogP contribution in [0.5, 0.6) is 0 Å². The van der Waals surface area contributed by atoms with Crippen molar-refractivity contribution in [1.82, 2.24) is 9.97 Å². The first-order chi connectivity index (χ1) is 7.21. The van der Waals surface area contributed by atoms with Crippen molar-refractivity contribution in [3.05, 3.63) is 11.8 Å². The highest BCUT2D eigenvalue weighted by atomic mass is 16.3. The Balaban J connectivity index is 2.82. The van der Waals surface area contributed by atoms with Crippen molar-refractivity contribution in [2.45, 2.75) is 13.0 Å². The summed E-state index contributed by atoms with van der Waals surface area (Å²) >= 11 is 0. The number of hydrogen-bond acceptors (Lipinski definition) is 7. The van der Waals surface area contributed by atoms with Gasteiger partial charge in [0.05, 0.1) is 19.3 Å². The van der Waals surface area contributed by atoms with E-state index in [2.05, 4.69) is 20.7 Å². The minimum atomic E-state index is -0.441. The minimum absolute atomic E-state index is 0.175. The van der Waals surface area contributed by atoms with Gasteiger partial charge in [-0.3, -0.25) is 5.43 Å². The molecule has 0 saturated carbocycles. The Hall–Kier alpha value is -1.44. The van der Waals surface area contributed by atoms with E-state index in [-0.39, 0.29) is 19.2 Å². The van der Waals surface area contributed by atoms with Crippen molar-refractivity contribution in [3.63, 3.8) is 0 Å². The SMILES string of the molecule is Cc1cnc(NN)nc1NC(CO)CO. The predicted octanol–water partition coefficient (Wildman–Crippen LogP) is -1.16. The van der Waals surface area contributed by atoms with Crippen molar-refractivity contribution < 1.29 is 10.2 Å². The van der Waals surface area contributed by atoms with E-state index >= 15 is 0 Å². The quantitative estimate of drug-likeness (QED) is 0.309. The standard InChI is InChI=1S/C8H15N5O2/c1-5-2-10-8(13-9)12-7(5)11-6(3-14)4-15/h2,6,14-15H,3-4,9H2,1H3,(H2,10,11,12,13). The molecule has 0 unspecified atom stereocenters. The maximum absolute atomic E-state index is 8.90. The molecule has 0 aliphatic carbocycles. The van der Waals surface area contributed by atoms with Gasteiger partial charge in [0, 0.05) is 11.8 Å². The van der Waals surface area contributed by atoms with Crippen LogP contribution in [-0.2, 0) is 0 Å². The average molecular weight is 213 g/mol. The van der Waals surface area contributed by atoms with Gasteiger partial charge in [0.1, 0.15) is 5.82 Å². The normalized spacial score (nSPS) is 10.5. The number of aryl methyl sites for hydroxylation is 1. The zero-order valence-corrected chi connectivity index (χ0v) is 8.44. The average Bonchev–Trinajstić information content (AvgIpc) is 2.28. The van der Waals surface area contributed by atoms with Gasteiger partial charge in [-0.05, 0) is 6.92 Å². The Kier molecular flexibility index (Phi) is 4.22. The molecule has 1 aromatic heterocycles. The third kappa shape index (κ3) is 3.01. The fourth-order valence-electron chi connectivity index (χ4n) is 1.00. The second-order valence-corrected chi connectivity index (χ2v) is 3.08. The summed E-state index contributed by atoms with van der Waals surface area (Å²) in [6, 6.07) is -0.441. The molecular formula is C8H15N5O2. The molecular weight excluding hydrogens is 198 g/mol. The number of nitrogens with zero attached hydrogens (tertiary/aromatic N) is 2. The first-order valence-corrected chi connectivity index (χ1v) is 4.49. The zero-order chi connectivity index (χ0) is 11.3. The molecule has 0 bridgehead atoms. The number of aromatic nitrogens is 2. The van der Waals surface area contributed by atoms with Crippen LogP contribution < -0.4 is 16.6 Å². The summed E-state index contributed by atoms with van der Waals surface area (Å²) in [5, 5.41) is 20.7.